The van der Waals surface area contributed by atoms with Gasteiger partial charge in [-0.1, -0.05) is 36.4 Å². The number of hydrogen-bond acceptors (Lipinski definition) is 6. The van der Waals surface area contributed by atoms with Crippen LogP contribution in [0.2, 0.25) is 0 Å². The quantitative estimate of drug-likeness (QED) is 0.697. The lowest BCUT2D eigenvalue weighted by Gasteiger charge is -2.27. The van der Waals surface area contributed by atoms with E-state index in [9.17, 15) is 4.79 Å². The standard InChI is InChI=1S/C22H22N4O3/c27-21-17-13-26(12-15-4-2-1-3-5-15)9-8-18(17)24-22(25-21)23-11-16-6-7-19-20(10-16)29-14-28-19/h1-7,10H,8-9,11-14H2,(H2,23,24,25,27). The van der Waals surface area contributed by atoms with Gasteiger partial charge in [-0.2, -0.15) is 0 Å². The summed E-state index contributed by atoms with van der Waals surface area (Å²) >= 11 is 0. The van der Waals surface area contributed by atoms with Gasteiger partial charge in [0.15, 0.2) is 11.5 Å². The van der Waals surface area contributed by atoms with E-state index in [4.69, 9.17) is 9.47 Å². The van der Waals surface area contributed by atoms with E-state index >= 15 is 0 Å². The van der Waals surface area contributed by atoms with Crippen LogP contribution >= 0.6 is 0 Å². The lowest BCUT2D eigenvalue weighted by molar-refractivity contribution is 0.174. The maximum absolute atomic E-state index is 12.6. The van der Waals surface area contributed by atoms with E-state index in [2.05, 4.69) is 32.3 Å². The van der Waals surface area contributed by atoms with Gasteiger partial charge in [0.2, 0.25) is 12.7 Å². The molecule has 2 N–H and O–H groups in total. The zero-order chi connectivity index (χ0) is 19.6. The Bertz CT molecular complexity index is 1080. The van der Waals surface area contributed by atoms with Crippen molar-refractivity contribution >= 4 is 5.95 Å². The van der Waals surface area contributed by atoms with Gasteiger partial charge in [-0.25, -0.2) is 4.98 Å². The van der Waals surface area contributed by atoms with E-state index in [-0.39, 0.29) is 12.4 Å². The van der Waals surface area contributed by atoms with Crippen LogP contribution in [-0.4, -0.2) is 28.2 Å². The third kappa shape index (κ3) is 3.82. The summed E-state index contributed by atoms with van der Waals surface area (Å²) in [6, 6.07) is 16.1. The molecule has 2 aromatic carbocycles. The highest BCUT2D eigenvalue weighted by Crippen LogP contribution is 2.32. The first kappa shape index (κ1) is 17.8. The Balaban J connectivity index is 1.27. The number of aromatic nitrogens is 2. The van der Waals surface area contributed by atoms with Gasteiger partial charge in [0.05, 0.1) is 11.3 Å². The molecule has 7 heteroatoms. The maximum atomic E-state index is 12.6. The molecule has 0 bridgehead atoms. The lowest BCUT2D eigenvalue weighted by atomic mass is 10.1. The number of nitrogens with one attached hydrogen (secondary N) is 2. The lowest BCUT2D eigenvalue weighted by Crippen LogP contribution is -2.35. The molecule has 5 rings (SSSR count). The van der Waals surface area contributed by atoms with Crippen molar-refractivity contribution in [2.75, 3.05) is 18.7 Å². The fraction of sp³-hybridized carbons (Fsp3) is 0.273. The number of nitrogens with zero attached hydrogens (tertiary/aromatic N) is 2. The van der Waals surface area contributed by atoms with Crippen molar-refractivity contribution in [3.63, 3.8) is 0 Å². The van der Waals surface area contributed by atoms with Crippen molar-refractivity contribution in [2.45, 2.75) is 26.1 Å². The molecule has 0 fully saturated rings. The number of anilines is 1. The van der Waals surface area contributed by atoms with Crippen LogP contribution < -0.4 is 20.3 Å². The van der Waals surface area contributed by atoms with Gasteiger partial charge in [0, 0.05) is 32.6 Å². The molecule has 0 saturated heterocycles. The molecule has 0 spiro atoms. The van der Waals surface area contributed by atoms with Crippen LogP contribution in [0.5, 0.6) is 11.5 Å². The highest BCUT2D eigenvalue weighted by molar-refractivity contribution is 5.45. The number of fused-ring (bicyclic) bond motifs is 2. The summed E-state index contributed by atoms with van der Waals surface area (Å²) in [7, 11) is 0. The van der Waals surface area contributed by atoms with E-state index in [0.717, 1.165) is 47.8 Å². The third-order valence-electron chi connectivity index (χ3n) is 5.29. The maximum Gasteiger partial charge on any atom is 0.257 e. The minimum atomic E-state index is -0.0686. The van der Waals surface area contributed by atoms with Gasteiger partial charge in [0.25, 0.3) is 5.56 Å². The zero-order valence-corrected chi connectivity index (χ0v) is 16.0. The third-order valence-corrected chi connectivity index (χ3v) is 5.29. The zero-order valence-electron chi connectivity index (χ0n) is 16.0. The van der Waals surface area contributed by atoms with Crippen molar-refractivity contribution in [1.82, 2.24) is 14.9 Å². The van der Waals surface area contributed by atoms with Crippen LogP contribution in [0.25, 0.3) is 0 Å². The van der Waals surface area contributed by atoms with Crippen LogP contribution in [0.1, 0.15) is 22.4 Å². The summed E-state index contributed by atoms with van der Waals surface area (Å²) in [5, 5.41) is 3.22. The fourth-order valence-corrected chi connectivity index (χ4v) is 3.78. The van der Waals surface area contributed by atoms with Crippen molar-refractivity contribution in [2.24, 2.45) is 0 Å². The smallest absolute Gasteiger partial charge is 0.257 e. The summed E-state index contributed by atoms with van der Waals surface area (Å²) in [6.45, 7) is 3.14. The highest BCUT2D eigenvalue weighted by Gasteiger charge is 2.21. The topological polar surface area (TPSA) is 79.5 Å². The molecule has 148 valence electrons. The van der Waals surface area contributed by atoms with Gasteiger partial charge in [-0.3, -0.25) is 14.7 Å². The Kier molecular flexibility index (Phi) is 4.65. The summed E-state index contributed by atoms with van der Waals surface area (Å²) in [6.07, 6.45) is 0.769. The second-order valence-electron chi connectivity index (χ2n) is 7.33. The molecule has 2 aliphatic heterocycles. The minimum absolute atomic E-state index is 0.0686. The van der Waals surface area contributed by atoms with Crippen molar-refractivity contribution < 1.29 is 9.47 Å². The summed E-state index contributed by atoms with van der Waals surface area (Å²) < 4.78 is 10.7. The number of rotatable bonds is 5. The molecule has 0 unspecified atom stereocenters. The average molecular weight is 390 g/mol. The Hall–Kier alpha value is -3.32. The molecular formula is C22H22N4O3. The average Bonchev–Trinajstić information content (AvgIpc) is 3.21. The highest BCUT2D eigenvalue weighted by atomic mass is 16.7. The molecule has 29 heavy (non-hydrogen) atoms. The molecule has 0 atom stereocenters. The molecule has 0 aliphatic carbocycles. The molecule has 7 nitrogen and oxygen atoms in total. The first-order valence-electron chi connectivity index (χ1n) is 9.75. The number of ether oxygens (including phenoxy) is 2. The Morgan fingerprint density at radius 1 is 1.07 bits per heavy atom. The Labute approximate surface area is 168 Å². The predicted molar refractivity (Wildman–Crippen MR) is 109 cm³/mol. The Morgan fingerprint density at radius 3 is 2.83 bits per heavy atom. The summed E-state index contributed by atoms with van der Waals surface area (Å²) in [4.78, 5) is 22.5. The Morgan fingerprint density at radius 2 is 1.93 bits per heavy atom. The van der Waals surface area contributed by atoms with E-state index < -0.39 is 0 Å². The first-order chi connectivity index (χ1) is 14.2. The SMILES string of the molecule is O=c1[nH]c(NCc2ccc3c(c2)OCO3)nc2c1CN(Cc1ccccc1)CC2. The monoisotopic (exact) mass is 390 g/mol. The van der Waals surface area contributed by atoms with Gasteiger partial charge >= 0.3 is 0 Å². The second-order valence-corrected chi connectivity index (χ2v) is 7.33. The van der Waals surface area contributed by atoms with Crippen LogP contribution in [0.15, 0.2) is 53.3 Å². The van der Waals surface area contributed by atoms with E-state index in [1.54, 1.807) is 0 Å². The van der Waals surface area contributed by atoms with E-state index in [0.29, 0.717) is 19.0 Å². The molecule has 1 aromatic heterocycles. The molecule has 0 amide bonds. The summed E-state index contributed by atoms with van der Waals surface area (Å²) in [5.74, 6) is 2.01. The van der Waals surface area contributed by atoms with Gasteiger partial charge in [-0.05, 0) is 23.3 Å². The fourth-order valence-electron chi connectivity index (χ4n) is 3.78. The number of aromatic amines is 1. The molecule has 0 radical (unpaired) electrons. The largest absolute Gasteiger partial charge is 0.454 e. The van der Waals surface area contributed by atoms with Crippen molar-refractivity contribution in [1.29, 1.82) is 0 Å². The van der Waals surface area contributed by atoms with Crippen LogP contribution in [0.3, 0.4) is 0 Å². The molecule has 3 heterocycles. The number of benzene rings is 2. The van der Waals surface area contributed by atoms with Crippen LogP contribution in [-0.2, 0) is 26.1 Å². The summed E-state index contributed by atoms with van der Waals surface area (Å²) in [5.41, 5.74) is 3.86. The molecule has 0 saturated carbocycles. The van der Waals surface area contributed by atoms with E-state index in [1.165, 1.54) is 5.56 Å². The van der Waals surface area contributed by atoms with E-state index in [1.807, 2.05) is 36.4 Å². The van der Waals surface area contributed by atoms with Gasteiger partial charge in [0.1, 0.15) is 0 Å². The van der Waals surface area contributed by atoms with Gasteiger partial charge in [-0.15, -0.1) is 0 Å². The normalized spacial score (nSPS) is 15.2. The molecule has 3 aromatic rings. The molecule has 2 aliphatic rings. The number of hydrogen-bond donors (Lipinski definition) is 2. The van der Waals surface area contributed by atoms with Gasteiger partial charge < -0.3 is 14.8 Å². The van der Waals surface area contributed by atoms with Crippen LogP contribution in [0, 0.1) is 0 Å². The first-order valence-corrected chi connectivity index (χ1v) is 9.75. The predicted octanol–water partition coefficient (Wildman–Crippen LogP) is 2.67. The minimum Gasteiger partial charge on any atom is -0.454 e. The van der Waals surface area contributed by atoms with Crippen molar-refractivity contribution in [3.05, 3.63) is 81.3 Å². The van der Waals surface area contributed by atoms with Crippen molar-refractivity contribution in [3.8, 4) is 11.5 Å². The van der Waals surface area contributed by atoms with Crippen LogP contribution in [0.4, 0.5) is 5.95 Å². The number of H-pyrrole nitrogens is 1. The second kappa shape index (κ2) is 7.60. The molecular weight excluding hydrogens is 368 g/mol.